The van der Waals surface area contributed by atoms with Crippen molar-refractivity contribution in [2.75, 3.05) is 0 Å². The molecule has 1 aromatic heterocycles. The molecule has 0 radical (unpaired) electrons. The van der Waals surface area contributed by atoms with E-state index in [-0.39, 0.29) is 11.9 Å². The molecule has 2 aromatic rings. The Morgan fingerprint density at radius 1 is 1.38 bits per heavy atom. The lowest BCUT2D eigenvalue weighted by molar-refractivity contribution is 0.622. The van der Waals surface area contributed by atoms with Gasteiger partial charge in [0.25, 0.3) is 0 Å². The number of rotatable bonds is 3. The minimum absolute atomic E-state index is 0.134. The van der Waals surface area contributed by atoms with Crippen molar-refractivity contribution in [1.82, 2.24) is 0 Å². The van der Waals surface area contributed by atoms with Crippen LogP contribution in [0.15, 0.2) is 35.0 Å². The first-order valence-corrected chi connectivity index (χ1v) is 6.20. The van der Waals surface area contributed by atoms with Gasteiger partial charge in [-0.3, -0.25) is 0 Å². The van der Waals surface area contributed by atoms with Gasteiger partial charge < -0.3 is 5.73 Å². The molecule has 0 fully saturated rings. The first kappa shape index (κ1) is 11.6. The molecular formula is C12H11ClFNS. The highest BCUT2D eigenvalue weighted by atomic mass is 35.5. The van der Waals surface area contributed by atoms with Crippen LogP contribution in [0.5, 0.6) is 0 Å². The zero-order valence-electron chi connectivity index (χ0n) is 8.49. The van der Waals surface area contributed by atoms with Crippen LogP contribution in [0.25, 0.3) is 0 Å². The van der Waals surface area contributed by atoms with Crippen LogP contribution in [0.3, 0.4) is 0 Å². The molecule has 2 rings (SSSR count). The summed E-state index contributed by atoms with van der Waals surface area (Å²) in [5, 5.41) is 4.53. The summed E-state index contributed by atoms with van der Waals surface area (Å²) in [6, 6.07) is 6.19. The molecule has 84 valence electrons. The van der Waals surface area contributed by atoms with E-state index < -0.39 is 0 Å². The summed E-state index contributed by atoms with van der Waals surface area (Å²) in [5.74, 6) is -0.281. The van der Waals surface area contributed by atoms with Crippen molar-refractivity contribution in [1.29, 1.82) is 0 Å². The van der Waals surface area contributed by atoms with E-state index in [4.69, 9.17) is 17.3 Å². The Balaban J connectivity index is 2.17. The maximum atomic E-state index is 13.0. The molecule has 0 amide bonds. The Morgan fingerprint density at radius 3 is 2.88 bits per heavy atom. The third kappa shape index (κ3) is 2.61. The molecule has 1 atom stereocenters. The van der Waals surface area contributed by atoms with Crippen molar-refractivity contribution in [3.8, 4) is 0 Å². The summed E-state index contributed by atoms with van der Waals surface area (Å²) in [6.07, 6.45) is 0.549. The van der Waals surface area contributed by atoms with Crippen molar-refractivity contribution in [2.45, 2.75) is 12.5 Å². The van der Waals surface area contributed by atoms with Crippen LogP contribution in [-0.4, -0.2) is 0 Å². The molecule has 0 bridgehead atoms. The van der Waals surface area contributed by atoms with Gasteiger partial charge in [0.1, 0.15) is 5.82 Å². The lowest BCUT2D eigenvalue weighted by atomic mass is 10.0. The third-order valence-electron chi connectivity index (χ3n) is 2.42. The van der Waals surface area contributed by atoms with Gasteiger partial charge in [-0.05, 0) is 52.6 Å². The second kappa shape index (κ2) is 4.95. The maximum Gasteiger partial charge on any atom is 0.123 e. The molecule has 1 nitrogen and oxygen atoms in total. The summed E-state index contributed by atoms with van der Waals surface area (Å²) in [7, 11) is 0. The van der Waals surface area contributed by atoms with E-state index in [0.717, 1.165) is 11.1 Å². The van der Waals surface area contributed by atoms with Crippen LogP contribution < -0.4 is 5.73 Å². The second-order valence-electron chi connectivity index (χ2n) is 3.60. The molecule has 0 spiro atoms. The van der Waals surface area contributed by atoms with Crippen LogP contribution in [0.2, 0.25) is 5.02 Å². The Hall–Kier alpha value is -0.900. The van der Waals surface area contributed by atoms with Gasteiger partial charge in [0.2, 0.25) is 0 Å². The van der Waals surface area contributed by atoms with Crippen LogP contribution in [-0.2, 0) is 6.42 Å². The van der Waals surface area contributed by atoms with Crippen LogP contribution in [0.1, 0.15) is 17.2 Å². The molecule has 0 aliphatic carbocycles. The van der Waals surface area contributed by atoms with Gasteiger partial charge in [0, 0.05) is 11.1 Å². The van der Waals surface area contributed by atoms with Crippen LogP contribution in [0, 0.1) is 5.82 Å². The summed E-state index contributed by atoms with van der Waals surface area (Å²) >= 11 is 7.58. The largest absolute Gasteiger partial charge is 0.324 e. The van der Waals surface area contributed by atoms with Gasteiger partial charge in [0.05, 0.1) is 0 Å². The molecule has 1 heterocycles. The predicted molar refractivity (Wildman–Crippen MR) is 66.4 cm³/mol. The number of nitrogens with two attached hydrogens (primary N) is 1. The van der Waals surface area contributed by atoms with E-state index >= 15 is 0 Å². The summed E-state index contributed by atoms with van der Waals surface area (Å²) in [4.78, 5) is 0. The number of halogens is 2. The summed E-state index contributed by atoms with van der Waals surface area (Å²) in [6.45, 7) is 0. The third-order valence-corrected chi connectivity index (χ3v) is 3.49. The van der Waals surface area contributed by atoms with Gasteiger partial charge in [-0.25, -0.2) is 4.39 Å². The van der Waals surface area contributed by atoms with E-state index in [0.29, 0.717) is 11.4 Å². The summed E-state index contributed by atoms with van der Waals surface area (Å²) < 4.78 is 13.0. The highest BCUT2D eigenvalue weighted by Gasteiger charge is 2.10. The molecule has 16 heavy (non-hydrogen) atoms. The molecule has 0 aliphatic heterocycles. The lowest BCUT2D eigenvalue weighted by Crippen LogP contribution is -2.12. The van der Waals surface area contributed by atoms with Gasteiger partial charge >= 0.3 is 0 Å². The van der Waals surface area contributed by atoms with E-state index in [1.54, 1.807) is 17.4 Å². The highest BCUT2D eigenvalue weighted by Crippen LogP contribution is 2.24. The minimum atomic E-state index is -0.281. The topological polar surface area (TPSA) is 26.0 Å². The number of thiophene rings is 1. The zero-order valence-corrected chi connectivity index (χ0v) is 10.1. The number of benzene rings is 1. The van der Waals surface area contributed by atoms with Crippen molar-refractivity contribution < 1.29 is 4.39 Å². The van der Waals surface area contributed by atoms with Crippen molar-refractivity contribution in [3.63, 3.8) is 0 Å². The van der Waals surface area contributed by atoms with Gasteiger partial charge in [-0.2, -0.15) is 11.3 Å². The maximum absolute atomic E-state index is 13.0. The Bertz CT molecular complexity index is 470. The normalized spacial score (nSPS) is 12.7. The second-order valence-corrected chi connectivity index (χ2v) is 4.79. The molecule has 0 aliphatic rings. The van der Waals surface area contributed by atoms with Gasteiger partial charge in [-0.1, -0.05) is 11.6 Å². The van der Waals surface area contributed by atoms with E-state index in [2.05, 4.69) is 0 Å². The minimum Gasteiger partial charge on any atom is -0.324 e. The molecule has 1 unspecified atom stereocenters. The molecule has 0 saturated heterocycles. The quantitative estimate of drug-likeness (QED) is 0.887. The van der Waals surface area contributed by atoms with E-state index in [9.17, 15) is 4.39 Å². The SMILES string of the molecule is NC(Cc1cc(F)ccc1Cl)c1ccsc1. The van der Waals surface area contributed by atoms with Gasteiger partial charge in [0.15, 0.2) is 0 Å². The fourth-order valence-electron chi connectivity index (χ4n) is 1.54. The van der Waals surface area contributed by atoms with E-state index in [1.165, 1.54) is 12.1 Å². The van der Waals surface area contributed by atoms with Gasteiger partial charge in [-0.15, -0.1) is 0 Å². The Kier molecular flexibility index (Phi) is 3.59. The summed E-state index contributed by atoms with van der Waals surface area (Å²) in [5.41, 5.74) is 7.83. The monoisotopic (exact) mass is 255 g/mol. The first-order chi connectivity index (χ1) is 7.66. The van der Waals surface area contributed by atoms with Crippen LogP contribution in [0.4, 0.5) is 4.39 Å². The van der Waals surface area contributed by atoms with E-state index in [1.807, 2.05) is 16.8 Å². The Labute approximate surface area is 103 Å². The van der Waals surface area contributed by atoms with Crippen molar-refractivity contribution in [2.24, 2.45) is 5.73 Å². The molecule has 0 saturated carbocycles. The zero-order chi connectivity index (χ0) is 11.5. The molecule has 1 aromatic carbocycles. The molecule has 4 heteroatoms. The Morgan fingerprint density at radius 2 is 2.19 bits per heavy atom. The highest BCUT2D eigenvalue weighted by molar-refractivity contribution is 7.07. The predicted octanol–water partition coefficient (Wildman–Crippen LogP) is 3.78. The number of hydrogen-bond donors (Lipinski definition) is 1. The molecule has 2 N–H and O–H groups in total. The fraction of sp³-hybridized carbons (Fsp3) is 0.167. The fourth-order valence-corrected chi connectivity index (χ4v) is 2.46. The average Bonchev–Trinajstić information content (AvgIpc) is 2.76. The number of hydrogen-bond acceptors (Lipinski definition) is 2. The smallest absolute Gasteiger partial charge is 0.123 e. The lowest BCUT2D eigenvalue weighted by Gasteiger charge is -2.11. The first-order valence-electron chi connectivity index (χ1n) is 4.88. The standard InChI is InChI=1S/C12H11ClFNS/c13-11-2-1-10(14)5-9(11)6-12(15)8-3-4-16-7-8/h1-5,7,12H,6,15H2. The van der Waals surface area contributed by atoms with Crippen molar-refractivity contribution in [3.05, 3.63) is 57.0 Å². The molecular weight excluding hydrogens is 245 g/mol. The van der Waals surface area contributed by atoms with Crippen LogP contribution >= 0.6 is 22.9 Å². The van der Waals surface area contributed by atoms with Crippen molar-refractivity contribution >= 4 is 22.9 Å². The average molecular weight is 256 g/mol.